The van der Waals surface area contributed by atoms with Gasteiger partial charge in [-0.05, 0) is 36.2 Å². The second kappa shape index (κ2) is 5.22. The Bertz CT molecular complexity index is 795. The lowest BCUT2D eigenvalue weighted by molar-refractivity contribution is 0.411. The molecule has 0 spiro atoms. The summed E-state index contributed by atoms with van der Waals surface area (Å²) >= 11 is 0. The molecule has 1 heterocycles. The van der Waals surface area contributed by atoms with Gasteiger partial charge in [0, 0.05) is 5.39 Å². The van der Waals surface area contributed by atoms with Gasteiger partial charge < -0.3 is 14.9 Å². The fourth-order valence-electron chi connectivity index (χ4n) is 2.46. The summed E-state index contributed by atoms with van der Waals surface area (Å²) in [4.78, 5) is 0. The summed E-state index contributed by atoms with van der Waals surface area (Å²) in [6.07, 6.45) is 0. The molecule has 21 heavy (non-hydrogen) atoms. The quantitative estimate of drug-likeness (QED) is 0.793. The number of nitrogens with two attached hydrogens (primary N) is 1. The van der Waals surface area contributed by atoms with E-state index in [1.807, 2.05) is 25.1 Å². The van der Waals surface area contributed by atoms with Crippen LogP contribution >= 0.6 is 0 Å². The molecule has 4 heteroatoms. The lowest BCUT2D eigenvalue weighted by Crippen LogP contribution is -2.11. The van der Waals surface area contributed by atoms with Crippen LogP contribution in [0, 0.1) is 12.7 Å². The van der Waals surface area contributed by atoms with E-state index in [0.29, 0.717) is 11.1 Å². The van der Waals surface area contributed by atoms with Crippen molar-refractivity contribution in [1.82, 2.24) is 0 Å². The first-order valence-electron chi connectivity index (χ1n) is 6.68. The number of benzene rings is 2. The molecular formula is C17H16FNO2. The second-order valence-corrected chi connectivity index (χ2v) is 5.01. The van der Waals surface area contributed by atoms with E-state index in [4.69, 9.17) is 14.9 Å². The van der Waals surface area contributed by atoms with E-state index in [9.17, 15) is 4.39 Å². The normalized spacial score (nSPS) is 12.6. The van der Waals surface area contributed by atoms with Crippen molar-refractivity contribution >= 4 is 11.0 Å². The SMILES string of the molecule is COc1ccc(C(N)c2cc3cccc(F)c3o2)cc1C. The Morgan fingerprint density at radius 3 is 2.67 bits per heavy atom. The molecule has 0 bridgehead atoms. The highest BCUT2D eigenvalue weighted by atomic mass is 19.1. The number of hydrogen-bond donors (Lipinski definition) is 1. The van der Waals surface area contributed by atoms with Gasteiger partial charge in [-0.3, -0.25) is 0 Å². The van der Waals surface area contributed by atoms with Crippen LogP contribution in [0.1, 0.15) is 22.9 Å². The van der Waals surface area contributed by atoms with Gasteiger partial charge in [0.2, 0.25) is 0 Å². The third kappa shape index (κ3) is 2.38. The van der Waals surface area contributed by atoms with Gasteiger partial charge in [-0.25, -0.2) is 4.39 Å². The van der Waals surface area contributed by atoms with Crippen LogP contribution < -0.4 is 10.5 Å². The number of ether oxygens (including phenoxy) is 1. The molecule has 1 atom stereocenters. The van der Waals surface area contributed by atoms with Crippen LogP contribution in [0.4, 0.5) is 4.39 Å². The van der Waals surface area contributed by atoms with Crippen LogP contribution in [0.15, 0.2) is 46.9 Å². The largest absolute Gasteiger partial charge is 0.496 e. The molecule has 2 N–H and O–H groups in total. The first-order valence-corrected chi connectivity index (χ1v) is 6.68. The minimum Gasteiger partial charge on any atom is -0.496 e. The highest BCUT2D eigenvalue weighted by Crippen LogP contribution is 2.30. The van der Waals surface area contributed by atoms with Crippen LogP contribution in [0.3, 0.4) is 0 Å². The zero-order valence-corrected chi connectivity index (χ0v) is 11.9. The summed E-state index contributed by atoms with van der Waals surface area (Å²) in [6.45, 7) is 1.95. The average Bonchev–Trinajstić information content (AvgIpc) is 2.92. The van der Waals surface area contributed by atoms with Gasteiger partial charge in [0.15, 0.2) is 11.4 Å². The maximum absolute atomic E-state index is 13.7. The molecule has 0 radical (unpaired) electrons. The smallest absolute Gasteiger partial charge is 0.169 e. The molecule has 3 nitrogen and oxygen atoms in total. The van der Waals surface area contributed by atoms with E-state index in [1.54, 1.807) is 25.3 Å². The minimum atomic E-state index is -0.443. The van der Waals surface area contributed by atoms with E-state index >= 15 is 0 Å². The summed E-state index contributed by atoms with van der Waals surface area (Å²) in [6, 6.07) is 11.9. The van der Waals surface area contributed by atoms with Crippen LogP contribution in [0.2, 0.25) is 0 Å². The summed E-state index contributed by atoms with van der Waals surface area (Å²) in [5, 5.41) is 0.714. The van der Waals surface area contributed by atoms with Crippen molar-refractivity contribution in [1.29, 1.82) is 0 Å². The van der Waals surface area contributed by atoms with E-state index < -0.39 is 6.04 Å². The van der Waals surface area contributed by atoms with Crippen molar-refractivity contribution in [2.45, 2.75) is 13.0 Å². The van der Waals surface area contributed by atoms with Crippen molar-refractivity contribution in [3.63, 3.8) is 0 Å². The zero-order chi connectivity index (χ0) is 15.0. The molecule has 1 aromatic heterocycles. The summed E-state index contributed by atoms with van der Waals surface area (Å²) in [7, 11) is 1.63. The maximum atomic E-state index is 13.7. The van der Waals surface area contributed by atoms with Gasteiger partial charge >= 0.3 is 0 Å². The van der Waals surface area contributed by atoms with Crippen LogP contribution in [-0.4, -0.2) is 7.11 Å². The van der Waals surface area contributed by atoms with Crippen molar-refractivity contribution in [3.05, 3.63) is 65.2 Å². The monoisotopic (exact) mass is 285 g/mol. The molecule has 3 aromatic rings. The van der Waals surface area contributed by atoms with E-state index in [-0.39, 0.29) is 11.4 Å². The molecule has 0 aliphatic carbocycles. The first kappa shape index (κ1) is 13.6. The molecule has 0 saturated heterocycles. The molecule has 0 fully saturated rings. The van der Waals surface area contributed by atoms with Gasteiger partial charge in [0.25, 0.3) is 0 Å². The van der Waals surface area contributed by atoms with Crippen LogP contribution in [0.25, 0.3) is 11.0 Å². The number of para-hydroxylation sites is 1. The number of aryl methyl sites for hydroxylation is 1. The van der Waals surface area contributed by atoms with Gasteiger partial charge in [-0.15, -0.1) is 0 Å². The van der Waals surface area contributed by atoms with Crippen LogP contribution in [-0.2, 0) is 0 Å². The summed E-state index contributed by atoms with van der Waals surface area (Å²) in [5.74, 6) is 0.970. The number of furan rings is 1. The van der Waals surface area contributed by atoms with Crippen molar-refractivity contribution in [3.8, 4) is 5.75 Å². The topological polar surface area (TPSA) is 48.4 Å². The lowest BCUT2D eigenvalue weighted by Gasteiger charge is -2.12. The maximum Gasteiger partial charge on any atom is 0.169 e. The van der Waals surface area contributed by atoms with Crippen molar-refractivity contribution in [2.75, 3.05) is 7.11 Å². The zero-order valence-electron chi connectivity index (χ0n) is 11.9. The molecular weight excluding hydrogens is 269 g/mol. The predicted molar refractivity (Wildman–Crippen MR) is 79.9 cm³/mol. The number of methoxy groups -OCH3 is 1. The molecule has 108 valence electrons. The van der Waals surface area contributed by atoms with Crippen molar-refractivity contribution < 1.29 is 13.5 Å². The van der Waals surface area contributed by atoms with Gasteiger partial charge in [-0.2, -0.15) is 0 Å². The first-order chi connectivity index (χ1) is 10.1. The molecule has 0 aliphatic heterocycles. The third-order valence-corrected chi connectivity index (χ3v) is 3.60. The predicted octanol–water partition coefficient (Wildman–Crippen LogP) is 3.94. The van der Waals surface area contributed by atoms with Gasteiger partial charge in [0.05, 0.1) is 13.2 Å². The molecule has 1 unspecified atom stereocenters. The van der Waals surface area contributed by atoms with E-state index in [2.05, 4.69) is 0 Å². The molecule has 2 aromatic carbocycles. The van der Waals surface area contributed by atoms with Gasteiger partial charge in [0.1, 0.15) is 11.5 Å². The fourth-order valence-corrected chi connectivity index (χ4v) is 2.46. The Morgan fingerprint density at radius 1 is 1.19 bits per heavy atom. The average molecular weight is 285 g/mol. The summed E-state index contributed by atoms with van der Waals surface area (Å²) in [5.41, 5.74) is 8.37. The highest BCUT2D eigenvalue weighted by molar-refractivity contribution is 5.78. The second-order valence-electron chi connectivity index (χ2n) is 5.01. The Labute approximate surface area is 122 Å². The Hall–Kier alpha value is -2.33. The van der Waals surface area contributed by atoms with Crippen molar-refractivity contribution in [2.24, 2.45) is 5.73 Å². The summed E-state index contributed by atoms with van der Waals surface area (Å²) < 4.78 is 24.5. The molecule has 0 saturated carbocycles. The molecule has 0 aliphatic rings. The fraction of sp³-hybridized carbons (Fsp3) is 0.176. The van der Waals surface area contributed by atoms with E-state index in [1.165, 1.54) is 6.07 Å². The highest BCUT2D eigenvalue weighted by Gasteiger charge is 2.16. The number of fused-ring (bicyclic) bond motifs is 1. The lowest BCUT2D eigenvalue weighted by atomic mass is 10.0. The standard InChI is InChI=1S/C17H16FNO2/c1-10-8-11(6-7-14(10)20-2)16(19)15-9-12-4-3-5-13(18)17(12)21-15/h3-9,16H,19H2,1-2H3. The Morgan fingerprint density at radius 2 is 2.00 bits per heavy atom. The number of hydrogen-bond acceptors (Lipinski definition) is 3. The Kier molecular flexibility index (Phi) is 3.39. The third-order valence-electron chi connectivity index (χ3n) is 3.60. The minimum absolute atomic E-state index is 0.244. The van der Waals surface area contributed by atoms with Crippen LogP contribution in [0.5, 0.6) is 5.75 Å². The molecule has 0 amide bonds. The number of rotatable bonds is 3. The van der Waals surface area contributed by atoms with Gasteiger partial charge in [-0.1, -0.05) is 24.3 Å². The number of halogens is 1. The Balaban J connectivity index is 2.01. The van der Waals surface area contributed by atoms with E-state index in [0.717, 1.165) is 16.9 Å². The molecule has 3 rings (SSSR count).